The molecular weight excluding hydrogens is 285 g/mol. The summed E-state index contributed by atoms with van der Waals surface area (Å²) < 4.78 is 13.6. The molecule has 2 N–H and O–H groups in total. The normalized spacial score (nSPS) is 21.2. The van der Waals surface area contributed by atoms with E-state index >= 15 is 0 Å². The maximum atomic E-state index is 13.6. The van der Waals surface area contributed by atoms with Crippen molar-refractivity contribution >= 4 is 17.2 Å². The lowest BCUT2D eigenvalue weighted by molar-refractivity contribution is 0.175. The van der Waals surface area contributed by atoms with Gasteiger partial charge in [0.05, 0.1) is 0 Å². The molecule has 0 bridgehead atoms. The van der Waals surface area contributed by atoms with Crippen LogP contribution in [0.25, 0.3) is 0 Å². The van der Waals surface area contributed by atoms with Crippen molar-refractivity contribution in [2.24, 2.45) is 5.73 Å². The summed E-state index contributed by atoms with van der Waals surface area (Å²) in [6.07, 6.45) is 2.22. The summed E-state index contributed by atoms with van der Waals surface area (Å²) in [6.45, 7) is 6.09. The fourth-order valence-corrected chi connectivity index (χ4v) is 3.24. The van der Waals surface area contributed by atoms with Crippen LogP contribution < -0.4 is 5.73 Å². The first kappa shape index (κ1) is 16.3. The first-order chi connectivity index (χ1) is 10.0. The van der Waals surface area contributed by atoms with Gasteiger partial charge in [-0.1, -0.05) is 19.1 Å². The van der Waals surface area contributed by atoms with E-state index in [0.717, 1.165) is 43.6 Å². The van der Waals surface area contributed by atoms with Crippen molar-refractivity contribution in [1.29, 1.82) is 0 Å². The van der Waals surface area contributed by atoms with Crippen molar-refractivity contribution in [2.45, 2.75) is 32.4 Å². The molecule has 2 rings (SSSR count). The minimum atomic E-state index is -0.231. The lowest BCUT2D eigenvalue weighted by atomic mass is 10.0. The van der Waals surface area contributed by atoms with E-state index < -0.39 is 0 Å². The second-order valence-electron chi connectivity index (χ2n) is 5.81. The second-order valence-corrected chi connectivity index (χ2v) is 6.25. The van der Waals surface area contributed by atoms with Crippen molar-refractivity contribution in [3.05, 3.63) is 35.1 Å². The largest absolute Gasteiger partial charge is 0.389 e. The smallest absolute Gasteiger partial charge is 0.123 e. The van der Waals surface area contributed by atoms with Crippen LogP contribution in [0.5, 0.6) is 0 Å². The lowest BCUT2D eigenvalue weighted by Crippen LogP contribution is -2.39. The molecule has 3 nitrogen and oxygen atoms in total. The highest BCUT2D eigenvalue weighted by molar-refractivity contribution is 7.80. The summed E-state index contributed by atoms with van der Waals surface area (Å²) in [7, 11) is 2.16. The van der Waals surface area contributed by atoms with Crippen molar-refractivity contribution in [3.63, 3.8) is 0 Å². The van der Waals surface area contributed by atoms with Gasteiger partial charge in [0.1, 0.15) is 10.8 Å². The molecule has 21 heavy (non-hydrogen) atoms. The van der Waals surface area contributed by atoms with Gasteiger partial charge in [0.25, 0.3) is 0 Å². The summed E-state index contributed by atoms with van der Waals surface area (Å²) in [4.78, 5) is 5.14. The zero-order valence-corrected chi connectivity index (χ0v) is 13.6. The van der Waals surface area contributed by atoms with Crippen LogP contribution in [-0.2, 0) is 6.54 Å². The Hall–Kier alpha value is -1.04. The van der Waals surface area contributed by atoms with E-state index in [1.165, 1.54) is 6.07 Å². The van der Waals surface area contributed by atoms with Gasteiger partial charge in [-0.05, 0) is 50.2 Å². The first-order valence-corrected chi connectivity index (χ1v) is 7.93. The number of rotatable bonds is 4. The molecule has 1 saturated heterocycles. The van der Waals surface area contributed by atoms with E-state index in [1.54, 1.807) is 12.1 Å². The van der Waals surface area contributed by atoms with Crippen LogP contribution in [0.1, 0.15) is 30.9 Å². The van der Waals surface area contributed by atoms with Gasteiger partial charge in [0.2, 0.25) is 0 Å². The highest BCUT2D eigenvalue weighted by Crippen LogP contribution is 2.19. The van der Waals surface area contributed by atoms with Crippen molar-refractivity contribution in [1.82, 2.24) is 9.80 Å². The van der Waals surface area contributed by atoms with Gasteiger partial charge >= 0.3 is 0 Å². The van der Waals surface area contributed by atoms with Crippen LogP contribution >= 0.6 is 12.2 Å². The molecule has 1 unspecified atom stereocenters. The van der Waals surface area contributed by atoms with Crippen LogP contribution in [0.4, 0.5) is 4.39 Å². The molecule has 0 radical (unpaired) electrons. The third-order valence-electron chi connectivity index (χ3n) is 4.20. The van der Waals surface area contributed by atoms with Crippen molar-refractivity contribution < 1.29 is 4.39 Å². The molecule has 1 aromatic carbocycles. The van der Waals surface area contributed by atoms with Crippen molar-refractivity contribution in [2.75, 3.05) is 26.7 Å². The number of likely N-dealkylation sites (N-methyl/N-ethyl adjacent to an activating group) is 1. The van der Waals surface area contributed by atoms with E-state index in [1.807, 2.05) is 0 Å². The highest BCUT2D eigenvalue weighted by Gasteiger charge is 2.23. The minimum Gasteiger partial charge on any atom is -0.389 e. The van der Waals surface area contributed by atoms with E-state index in [4.69, 9.17) is 18.0 Å². The number of benzene rings is 1. The maximum Gasteiger partial charge on any atom is 0.123 e. The first-order valence-electron chi connectivity index (χ1n) is 7.52. The van der Waals surface area contributed by atoms with Gasteiger partial charge in [-0.3, -0.25) is 4.90 Å². The quantitative estimate of drug-likeness (QED) is 0.866. The average molecular weight is 309 g/mol. The topological polar surface area (TPSA) is 32.5 Å². The molecule has 1 aromatic rings. The summed E-state index contributed by atoms with van der Waals surface area (Å²) in [5, 5.41) is 0. The summed E-state index contributed by atoms with van der Waals surface area (Å²) in [5.74, 6) is -0.231. The number of thiocarbonyl (C=S) groups is 1. The molecule has 1 atom stereocenters. The van der Waals surface area contributed by atoms with Gasteiger partial charge in [-0.2, -0.15) is 0 Å². The maximum absolute atomic E-state index is 13.6. The van der Waals surface area contributed by atoms with Crippen LogP contribution in [0.15, 0.2) is 18.2 Å². The molecule has 5 heteroatoms. The minimum absolute atomic E-state index is 0.231. The fraction of sp³-hybridized carbons (Fsp3) is 0.562. The Morgan fingerprint density at radius 2 is 2.19 bits per heavy atom. The summed E-state index contributed by atoms with van der Waals surface area (Å²) in [6, 6.07) is 5.17. The van der Waals surface area contributed by atoms with E-state index in [-0.39, 0.29) is 5.82 Å². The molecule has 0 amide bonds. The number of nitrogens with two attached hydrogens (primary N) is 1. The Balaban J connectivity index is 2.23. The molecule has 1 fully saturated rings. The Kier molecular flexibility index (Phi) is 5.67. The van der Waals surface area contributed by atoms with Gasteiger partial charge in [0, 0.05) is 31.2 Å². The molecule has 1 heterocycles. The Morgan fingerprint density at radius 1 is 1.43 bits per heavy atom. The molecule has 0 aliphatic carbocycles. The van der Waals surface area contributed by atoms with E-state index in [0.29, 0.717) is 17.6 Å². The molecule has 0 spiro atoms. The number of halogens is 1. The lowest BCUT2D eigenvalue weighted by Gasteiger charge is -2.30. The van der Waals surface area contributed by atoms with E-state index in [2.05, 4.69) is 23.8 Å². The third kappa shape index (κ3) is 4.22. The average Bonchev–Trinajstić information content (AvgIpc) is 2.60. The molecule has 1 aliphatic rings. The SMILES string of the molecule is CCC1CN(C)CCCN1Cc1cc(F)ccc1C(N)=S. The van der Waals surface area contributed by atoms with Crippen molar-refractivity contribution in [3.8, 4) is 0 Å². The predicted octanol–water partition coefficient (Wildman–Crippen LogP) is 2.38. The monoisotopic (exact) mass is 309 g/mol. The Labute approximate surface area is 131 Å². The van der Waals surface area contributed by atoms with E-state index in [9.17, 15) is 4.39 Å². The molecular formula is C16H24FN3S. The third-order valence-corrected chi connectivity index (χ3v) is 4.42. The van der Waals surface area contributed by atoms with Crippen LogP contribution in [0, 0.1) is 5.82 Å². The zero-order chi connectivity index (χ0) is 15.4. The second kappa shape index (κ2) is 7.29. The molecule has 0 saturated carbocycles. The van der Waals surface area contributed by atoms with Gasteiger partial charge < -0.3 is 10.6 Å². The van der Waals surface area contributed by atoms with Crippen LogP contribution in [0.3, 0.4) is 0 Å². The van der Waals surface area contributed by atoms with Gasteiger partial charge in [0.15, 0.2) is 0 Å². The Bertz CT molecular complexity index is 506. The summed E-state index contributed by atoms with van der Waals surface area (Å²) >= 11 is 5.09. The molecule has 116 valence electrons. The molecule has 0 aromatic heterocycles. The van der Waals surface area contributed by atoms with Gasteiger partial charge in [-0.25, -0.2) is 4.39 Å². The fourth-order valence-electron chi connectivity index (χ4n) is 3.04. The van der Waals surface area contributed by atoms with Crippen LogP contribution in [0.2, 0.25) is 0 Å². The van der Waals surface area contributed by atoms with Gasteiger partial charge in [-0.15, -0.1) is 0 Å². The highest BCUT2D eigenvalue weighted by atomic mass is 32.1. The number of nitrogens with zero attached hydrogens (tertiary/aromatic N) is 2. The standard InChI is InChI=1S/C16H24FN3S/c1-3-14-11-19(2)7-4-8-20(14)10-12-9-13(17)5-6-15(12)16(18)21/h5-6,9,14H,3-4,7-8,10-11H2,1-2H3,(H2,18,21). The zero-order valence-electron chi connectivity index (χ0n) is 12.8. The number of hydrogen-bond acceptors (Lipinski definition) is 3. The Morgan fingerprint density at radius 3 is 2.86 bits per heavy atom. The van der Waals surface area contributed by atoms with Crippen LogP contribution in [-0.4, -0.2) is 47.5 Å². The molecule has 1 aliphatic heterocycles. The number of hydrogen-bond donors (Lipinski definition) is 1. The summed E-state index contributed by atoms with van der Waals surface area (Å²) in [5.41, 5.74) is 7.46. The predicted molar refractivity (Wildman–Crippen MR) is 88.9 cm³/mol.